The number of benzene rings is 1. The molecule has 17 heavy (non-hydrogen) atoms. The Kier molecular flexibility index (Phi) is 4.06. The van der Waals surface area contributed by atoms with Crippen LogP contribution >= 0.6 is 0 Å². The van der Waals surface area contributed by atoms with Gasteiger partial charge < -0.3 is 9.47 Å². The standard InChI is InChI=1S/C15H22O2/c1-11(2)10-16-15-7-5-4-6-13(15)8-9-14-12(3)17-14/h4-7,11-12,14H,8-10H2,1-3H3. The minimum absolute atomic E-state index is 0.457. The highest BCUT2D eigenvalue weighted by Crippen LogP contribution is 2.28. The van der Waals surface area contributed by atoms with Crippen LogP contribution in [0.5, 0.6) is 5.75 Å². The summed E-state index contributed by atoms with van der Waals surface area (Å²) in [7, 11) is 0. The zero-order chi connectivity index (χ0) is 12.3. The van der Waals surface area contributed by atoms with E-state index in [1.165, 1.54) is 5.56 Å². The van der Waals surface area contributed by atoms with Gasteiger partial charge in [0.15, 0.2) is 0 Å². The van der Waals surface area contributed by atoms with Gasteiger partial charge in [0.25, 0.3) is 0 Å². The van der Waals surface area contributed by atoms with Gasteiger partial charge in [-0.1, -0.05) is 32.0 Å². The molecule has 0 spiro atoms. The van der Waals surface area contributed by atoms with Crippen molar-refractivity contribution in [3.63, 3.8) is 0 Å². The fraction of sp³-hybridized carbons (Fsp3) is 0.600. The topological polar surface area (TPSA) is 21.8 Å². The molecule has 2 rings (SSSR count). The van der Waals surface area contributed by atoms with E-state index in [1.54, 1.807) is 0 Å². The summed E-state index contributed by atoms with van der Waals surface area (Å²) in [5, 5.41) is 0. The Hall–Kier alpha value is -1.02. The number of ether oxygens (including phenoxy) is 2. The lowest BCUT2D eigenvalue weighted by atomic mass is 10.1. The van der Waals surface area contributed by atoms with Crippen LogP contribution in [0.15, 0.2) is 24.3 Å². The molecule has 0 radical (unpaired) electrons. The molecule has 0 aromatic heterocycles. The van der Waals surface area contributed by atoms with Crippen LogP contribution in [-0.4, -0.2) is 18.8 Å². The van der Waals surface area contributed by atoms with Crippen molar-refractivity contribution < 1.29 is 9.47 Å². The van der Waals surface area contributed by atoms with Crippen molar-refractivity contribution in [2.75, 3.05) is 6.61 Å². The molecule has 1 aromatic carbocycles. The van der Waals surface area contributed by atoms with Gasteiger partial charge in [-0.15, -0.1) is 0 Å². The predicted molar refractivity (Wildman–Crippen MR) is 69.4 cm³/mol. The first-order chi connectivity index (χ1) is 8.16. The van der Waals surface area contributed by atoms with Crippen molar-refractivity contribution in [1.82, 2.24) is 0 Å². The minimum atomic E-state index is 0.457. The summed E-state index contributed by atoms with van der Waals surface area (Å²) in [5.74, 6) is 1.60. The van der Waals surface area contributed by atoms with Crippen LogP contribution in [0.3, 0.4) is 0 Å². The van der Waals surface area contributed by atoms with E-state index >= 15 is 0 Å². The highest BCUT2D eigenvalue weighted by molar-refractivity contribution is 5.33. The zero-order valence-corrected chi connectivity index (χ0v) is 11.0. The van der Waals surface area contributed by atoms with Crippen molar-refractivity contribution in [1.29, 1.82) is 0 Å². The third kappa shape index (κ3) is 3.74. The molecule has 1 fully saturated rings. The molecular weight excluding hydrogens is 212 g/mol. The summed E-state index contributed by atoms with van der Waals surface area (Å²) < 4.78 is 11.3. The molecule has 0 saturated carbocycles. The average molecular weight is 234 g/mol. The van der Waals surface area contributed by atoms with Gasteiger partial charge in [0.05, 0.1) is 18.8 Å². The van der Waals surface area contributed by atoms with Crippen LogP contribution in [0.4, 0.5) is 0 Å². The molecule has 1 aliphatic rings. The Morgan fingerprint density at radius 1 is 1.29 bits per heavy atom. The van der Waals surface area contributed by atoms with E-state index in [0.717, 1.165) is 25.2 Å². The number of hydrogen-bond donors (Lipinski definition) is 0. The van der Waals surface area contributed by atoms with Crippen molar-refractivity contribution in [2.24, 2.45) is 5.92 Å². The lowest BCUT2D eigenvalue weighted by Gasteiger charge is -2.12. The van der Waals surface area contributed by atoms with Crippen molar-refractivity contribution in [3.05, 3.63) is 29.8 Å². The molecular formula is C15H22O2. The molecule has 0 amide bonds. The van der Waals surface area contributed by atoms with Crippen molar-refractivity contribution in [3.8, 4) is 5.75 Å². The molecule has 2 heteroatoms. The molecule has 94 valence electrons. The number of rotatable bonds is 6. The molecule has 0 aliphatic carbocycles. The zero-order valence-electron chi connectivity index (χ0n) is 11.0. The highest BCUT2D eigenvalue weighted by Gasteiger charge is 2.33. The summed E-state index contributed by atoms with van der Waals surface area (Å²) in [6, 6.07) is 8.34. The molecule has 1 aliphatic heterocycles. The fourth-order valence-electron chi connectivity index (χ4n) is 1.94. The molecule has 1 aromatic rings. The molecule has 0 bridgehead atoms. The first kappa shape index (κ1) is 12.4. The Morgan fingerprint density at radius 3 is 2.65 bits per heavy atom. The number of hydrogen-bond acceptors (Lipinski definition) is 2. The number of aryl methyl sites for hydroxylation is 1. The minimum Gasteiger partial charge on any atom is -0.493 e. The molecule has 1 saturated heterocycles. The van der Waals surface area contributed by atoms with Gasteiger partial charge >= 0.3 is 0 Å². The second kappa shape index (κ2) is 5.54. The van der Waals surface area contributed by atoms with E-state index in [-0.39, 0.29) is 0 Å². The monoisotopic (exact) mass is 234 g/mol. The quantitative estimate of drug-likeness (QED) is 0.703. The lowest BCUT2D eigenvalue weighted by molar-refractivity contribution is 0.268. The van der Waals surface area contributed by atoms with Gasteiger partial charge in [0, 0.05) is 0 Å². The van der Waals surface area contributed by atoms with Crippen LogP contribution in [0.25, 0.3) is 0 Å². The van der Waals surface area contributed by atoms with Gasteiger partial charge in [0.2, 0.25) is 0 Å². The molecule has 0 N–H and O–H groups in total. The van der Waals surface area contributed by atoms with Crippen LogP contribution in [-0.2, 0) is 11.2 Å². The second-order valence-electron chi connectivity index (χ2n) is 5.23. The predicted octanol–water partition coefficient (Wildman–Crippen LogP) is 3.44. The Bertz CT molecular complexity index is 360. The van der Waals surface area contributed by atoms with Crippen LogP contribution < -0.4 is 4.74 Å². The third-order valence-electron chi connectivity index (χ3n) is 3.08. The van der Waals surface area contributed by atoms with Gasteiger partial charge in [0.1, 0.15) is 5.75 Å². The first-order valence-electron chi connectivity index (χ1n) is 6.53. The number of epoxide rings is 1. The van der Waals surface area contributed by atoms with E-state index < -0.39 is 0 Å². The maximum atomic E-state index is 5.84. The van der Waals surface area contributed by atoms with Crippen LogP contribution in [0.1, 0.15) is 32.8 Å². The fourth-order valence-corrected chi connectivity index (χ4v) is 1.94. The summed E-state index contributed by atoms with van der Waals surface area (Å²) in [5.41, 5.74) is 1.30. The smallest absolute Gasteiger partial charge is 0.122 e. The van der Waals surface area contributed by atoms with E-state index in [4.69, 9.17) is 9.47 Å². The van der Waals surface area contributed by atoms with E-state index in [2.05, 4.69) is 39.0 Å². The summed E-state index contributed by atoms with van der Waals surface area (Å²) in [6.07, 6.45) is 3.07. The van der Waals surface area contributed by atoms with E-state index in [1.807, 2.05) is 6.07 Å². The highest BCUT2D eigenvalue weighted by atomic mass is 16.6. The van der Waals surface area contributed by atoms with E-state index in [9.17, 15) is 0 Å². The average Bonchev–Trinajstić information content (AvgIpc) is 3.01. The summed E-state index contributed by atoms with van der Waals surface area (Å²) >= 11 is 0. The SMILES string of the molecule is CC(C)COc1ccccc1CCC1OC1C. The van der Waals surface area contributed by atoms with Crippen molar-refractivity contribution >= 4 is 0 Å². The van der Waals surface area contributed by atoms with Crippen molar-refractivity contribution in [2.45, 2.75) is 45.8 Å². The number of para-hydroxylation sites is 1. The lowest BCUT2D eigenvalue weighted by Crippen LogP contribution is -2.06. The van der Waals surface area contributed by atoms with Crippen LogP contribution in [0.2, 0.25) is 0 Å². The van der Waals surface area contributed by atoms with Crippen LogP contribution in [0, 0.1) is 5.92 Å². The molecule has 1 heterocycles. The Morgan fingerprint density at radius 2 is 2.00 bits per heavy atom. The molecule has 2 atom stereocenters. The van der Waals surface area contributed by atoms with Gasteiger partial charge in [-0.25, -0.2) is 0 Å². The first-order valence-corrected chi connectivity index (χ1v) is 6.53. The Balaban J connectivity index is 1.90. The largest absolute Gasteiger partial charge is 0.493 e. The summed E-state index contributed by atoms with van der Waals surface area (Å²) in [6.45, 7) is 7.25. The van der Waals surface area contributed by atoms with Gasteiger partial charge in [-0.2, -0.15) is 0 Å². The van der Waals surface area contributed by atoms with Gasteiger partial charge in [-0.3, -0.25) is 0 Å². The second-order valence-corrected chi connectivity index (χ2v) is 5.23. The van der Waals surface area contributed by atoms with E-state index in [0.29, 0.717) is 18.1 Å². The molecule has 2 unspecified atom stereocenters. The summed E-state index contributed by atoms with van der Waals surface area (Å²) in [4.78, 5) is 0. The normalized spacial score (nSPS) is 22.8. The molecule has 2 nitrogen and oxygen atoms in total. The maximum absolute atomic E-state index is 5.84. The Labute approximate surface area is 104 Å². The van der Waals surface area contributed by atoms with Gasteiger partial charge in [-0.05, 0) is 37.3 Å². The third-order valence-corrected chi connectivity index (χ3v) is 3.08. The maximum Gasteiger partial charge on any atom is 0.122 e.